The number of anilines is 1. The summed E-state index contributed by atoms with van der Waals surface area (Å²) in [4.78, 5) is 24.3. The van der Waals surface area contributed by atoms with E-state index in [1.165, 1.54) is 0 Å². The molecule has 0 spiro atoms. The van der Waals surface area contributed by atoms with Crippen LogP contribution in [0.5, 0.6) is 0 Å². The average molecular weight is 352 g/mol. The summed E-state index contributed by atoms with van der Waals surface area (Å²) in [6.45, 7) is -0.130. The third-order valence-corrected chi connectivity index (χ3v) is 3.20. The van der Waals surface area contributed by atoms with Gasteiger partial charge in [0.2, 0.25) is 0 Å². The van der Waals surface area contributed by atoms with Gasteiger partial charge in [-0.15, -0.1) is 0 Å². The number of amides is 2. The molecule has 84 valence electrons. The average Bonchev–Trinajstić information content (AvgIpc) is 2.20. The highest BCUT2D eigenvalue weighted by molar-refractivity contribution is 14.1. The van der Waals surface area contributed by atoms with E-state index < -0.39 is 0 Å². The maximum atomic E-state index is 11.6. The Bertz CT molecular complexity index is 447. The molecule has 0 radical (unpaired) electrons. The van der Waals surface area contributed by atoms with E-state index in [2.05, 4.69) is 0 Å². The smallest absolute Gasteiger partial charge is 0.259 e. The largest absolute Gasteiger partial charge is 0.362 e. The fourth-order valence-corrected chi connectivity index (χ4v) is 2.54. The SMILES string of the molecule is O=C1COCC(=O)N1c1ccc(Cl)cc1I. The summed E-state index contributed by atoms with van der Waals surface area (Å²) in [6.07, 6.45) is 0. The van der Waals surface area contributed by atoms with Crippen LogP contribution >= 0.6 is 34.2 Å². The van der Waals surface area contributed by atoms with Gasteiger partial charge in [-0.2, -0.15) is 0 Å². The van der Waals surface area contributed by atoms with Crippen LogP contribution in [0.4, 0.5) is 5.69 Å². The molecular formula is C10H7ClINO3. The van der Waals surface area contributed by atoms with E-state index in [4.69, 9.17) is 16.3 Å². The third-order valence-electron chi connectivity index (χ3n) is 2.10. The molecule has 0 atom stereocenters. The van der Waals surface area contributed by atoms with E-state index in [1.54, 1.807) is 18.2 Å². The molecule has 1 fully saturated rings. The number of halogens is 2. The van der Waals surface area contributed by atoms with Crippen molar-refractivity contribution in [3.63, 3.8) is 0 Å². The Balaban J connectivity index is 2.42. The van der Waals surface area contributed by atoms with Crippen molar-refractivity contribution >= 4 is 51.7 Å². The number of rotatable bonds is 1. The van der Waals surface area contributed by atoms with E-state index in [0.717, 1.165) is 8.47 Å². The van der Waals surface area contributed by atoms with Gasteiger partial charge in [-0.05, 0) is 40.8 Å². The molecule has 2 amide bonds. The number of imide groups is 1. The van der Waals surface area contributed by atoms with Crippen molar-refractivity contribution in [3.8, 4) is 0 Å². The van der Waals surface area contributed by atoms with Crippen LogP contribution in [0.2, 0.25) is 5.02 Å². The van der Waals surface area contributed by atoms with Gasteiger partial charge in [-0.25, -0.2) is 4.90 Å². The molecular weight excluding hydrogens is 344 g/mol. The maximum absolute atomic E-state index is 11.6. The Labute approximate surface area is 111 Å². The second-order valence-corrected chi connectivity index (χ2v) is 4.81. The van der Waals surface area contributed by atoms with Gasteiger partial charge in [0.25, 0.3) is 11.8 Å². The number of hydrogen-bond acceptors (Lipinski definition) is 3. The van der Waals surface area contributed by atoms with Crippen LogP contribution in [0.3, 0.4) is 0 Å². The molecule has 0 saturated carbocycles. The number of hydrogen-bond donors (Lipinski definition) is 0. The molecule has 0 aliphatic carbocycles. The van der Waals surface area contributed by atoms with Crippen molar-refractivity contribution < 1.29 is 14.3 Å². The molecule has 4 nitrogen and oxygen atoms in total. The normalized spacial score (nSPS) is 16.8. The van der Waals surface area contributed by atoms with E-state index in [-0.39, 0.29) is 25.0 Å². The van der Waals surface area contributed by atoms with E-state index in [0.29, 0.717) is 10.7 Å². The first-order valence-electron chi connectivity index (χ1n) is 4.48. The van der Waals surface area contributed by atoms with Crippen molar-refractivity contribution in [2.45, 2.75) is 0 Å². The first-order chi connectivity index (χ1) is 7.59. The fraction of sp³-hybridized carbons (Fsp3) is 0.200. The quantitative estimate of drug-likeness (QED) is 0.573. The van der Waals surface area contributed by atoms with Gasteiger partial charge in [0.1, 0.15) is 13.2 Å². The molecule has 1 aromatic rings. The van der Waals surface area contributed by atoms with Crippen molar-refractivity contribution in [1.29, 1.82) is 0 Å². The minimum atomic E-state index is -0.350. The number of benzene rings is 1. The summed E-state index contributed by atoms with van der Waals surface area (Å²) in [5, 5.41) is 0.571. The molecule has 6 heteroatoms. The van der Waals surface area contributed by atoms with Gasteiger partial charge in [-0.1, -0.05) is 11.6 Å². The summed E-state index contributed by atoms with van der Waals surface area (Å²) in [5.74, 6) is -0.701. The number of ether oxygens (including phenoxy) is 1. The summed E-state index contributed by atoms with van der Waals surface area (Å²) < 4.78 is 5.60. The van der Waals surface area contributed by atoms with E-state index >= 15 is 0 Å². The minimum Gasteiger partial charge on any atom is -0.362 e. The van der Waals surface area contributed by atoms with Crippen LogP contribution in [0.15, 0.2) is 18.2 Å². The summed E-state index contributed by atoms with van der Waals surface area (Å²) >= 11 is 7.85. The van der Waals surface area contributed by atoms with Crippen LogP contribution in [0.1, 0.15) is 0 Å². The molecule has 1 aromatic carbocycles. The predicted molar refractivity (Wildman–Crippen MR) is 67.5 cm³/mol. The van der Waals surface area contributed by atoms with Gasteiger partial charge in [0.15, 0.2) is 0 Å². The summed E-state index contributed by atoms with van der Waals surface area (Å²) in [7, 11) is 0. The molecule has 0 bridgehead atoms. The summed E-state index contributed by atoms with van der Waals surface area (Å²) in [6, 6.07) is 5.01. The lowest BCUT2D eigenvalue weighted by molar-refractivity contribution is -0.138. The zero-order valence-electron chi connectivity index (χ0n) is 8.07. The Morgan fingerprint density at radius 3 is 2.44 bits per heavy atom. The fourth-order valence-electron chi connectivity index (χ4n) is 1.43. The first kappa shape index (κ1) is 11.8. The minimum absolute atomic E-state index is 0.0650. The molecule has 1 aliphatic rings. The van der Waals surface area contributed by atoms with Gasteiger partial charge < -0.3 is 4.74 Å². The number of nitrogens with zero attached hydrogens (tertiary/aromatic N) is 1. The molecule has 0 aromatic heterocycles. The number of morpholine rings is 1. The topological polar surface area (TPSA) is 46.6 Å². The maximum Gasteiger partial charge on any atom is 0.259 e. The Morgan fingerprint density at radius 2 is 1.88 bits per heavy atom. The molecule has 0 unspecified atom stereocenters. The lowest BCUT2D eigenvalue weighted by atomic mass is 10.2. The molecule has 16 heavy (non-hydrogen) atoms. The molecule has 2 rings (SSSR count). The standard InChI is InChI=1S/C10H7ClINO3/c11-6-1-2-8(7(12)3-6)13-9(14)4-16-5-10(13)15/h1-3H,4-5H2. The lowest BCUT2D eigenvalue weighted by Gasteiger charge is -2.25. The van der Waals surface area contributed by atoms with Gasteiger partial charge in [0, 0.05) is 8.59 Å². The van der Waals surface area contributed by atoms with Gasteiger partial charge in [0.05, 0.1) is 5.69 Å². The third kappa shape index (κ3) is 2.21. The van der Waals surface area contributed by atoms with Gasteiger partial charge >= 0.3 is 0 Å². The summed E-state index contributed by atoms with van der Waals surface area (Å²) in [5.41, 5.74) is 0.559. The van der Waals surface area contributed by atoms with Gasteiger partial charge in [-0.3, -0.25) is 9.59 Å². The molecule has 0 N–H and O–H groups in total. The van der Waals surface area contributed by atoms with Crippen molar-refractivity contribution in [2.75, 3.05) is 18.1 Å². The first-order valence-corrected chi connectivity index (χ1v) is 5.94. The van der Waals surface area contributed by atoms with E-state index in [9.17, 15) is 9.59 Å². The van der Waals surface area contributed by atoms with Crippen LogP contribution in [-0.2, 0) is 14.3 Å². The van der Waals surface area contributed by atoms with Crippen molar-refractivity contribution in [2.24, 2.45) is 0 Å². The second kappa shape index (κ2) is 4.68. The van der Waals surface area contributed by atoms with Crippen LogP contribution in [0.25, 0.3) is 0 Å². The van der Waals surface area contributed by atoms with Crippen LogP contribution in [-0.4, -0.2) is 25.0 Å². The molecule has 1 saturated heterocycles. The Hall–Kier alpha value is -0.660. The highest BCUT2D eigenvalue weighted by Crippen LogP contribution is 2.27. The van der Waals surface area contributed by atoms with E-state index in [1.807, 2.05) is 22.6 Å². The van der Waals surface area contributed by atoms with Crippen molar-refractivity contribution in [1.82, 2.24) is 0 Å². The van der Waals surface area contributed by atoms with Crippen LogP contribution in [0, 0.1) is 3.57 Å². The molecule has 1 aliphatic heterocycles. The Morgan fingerprint density at radius 1 is 1.25 bits per heavy atom. The lowest BCUT2D eigenvalue weighted by Crippen LogP contribution is -2.46. The predicted octanol–water partition coefficient (Wildman–Crippen LogP) is 1.83. The number of carbonyl (C=O) groups excluding carboxylic acids is 2. The second-order valence-electron chi connectivity index (χ2n) is 3.21. The van der Waals surface area contributed by atoms with Crippen molar-refractivity contribution in [3.05, 3.63) is 26.8 Å². The van der Waals surface area contributed by atoms with Crippen LogP contribution < -0.4 is 4.90 Å². The zero-order chi connectivity index (χ0) is 11.7. The highest BCUT2D eigenvalue weighted by Gasteiger charge is 2.29. The number of carbonyl (C=O) groups is 2. The molecule has 1 heterocycles. The Kier molecular flexibility index (Phi) is 3.46. The zero-order valence-corrected chi connectivity index (χ0v) is 11.0. The monoisotopic (exact) mass is 351 g/mol. The highest BCUT2D eigenvalue weighted by atomic mass is 127.